The molecule has 1 aromatic carbocycles. The van der Waals surface area contributed by atoms with Gasteiger partial charge in [0.1, 0.15) is 17.1 Å². The van der Waals surface area contributed by atoms with Gasteiger partial charge in [0.2, 0.25) is 0 Å². The van der Waals surface area contributed by atoms with Gasteiger partial charge in [-0.2, -0.15) is 0 Å². The van der Waals surface area contributed by atoms with E-state index in [0.717, 1.165) is 25.1 Å². The number of aliphatic hydroxyl groups excluding tert-OH is 2. The van der Waals surface area contributed by atoms with Gasteiger partial charge in [0.05, 0.1) is 11.6 Å². The minimum absolute atomic E-state index is 0.00354. The van der Waals surface area contributed by atoms with Crippen molar-refractivity contribution in [2.24, 2.45) is 0 Å². The molecule has 186 valence electrons. The summed E-state index contributed by atoms with van der Waals surface area (Å²) >= 11 is 3.42. The number of rotatable bonds is 9. The Hall–Kier alpha value is -2.41. The number of benzene rings is 1. The molecule has 0 spiro atoms. The number of methoxy groups -OCH3 is 1. The first-order valence-electron chi connectivity index (χ1n) is 10.4. The van der Waals surface area contributed by atoms with E-state index >= 15 is 0 Å². The van der Waals surface area contributed by atoms with Gasteiger partial charge in [-0.15, -0.1) is 0 Å². The number of likely N-dealkylation sites (tertiary alicyclic amines) is 1. The molecule has 1 fully saturated rings. The number of likely N-dealkylation sites (N-methyl/N-ethyl adjacent to an activating group) is 1. The molecule has 1 aliphatic rings. The van der Waals surface area contributed by atoms with Crippen LogP contribution >= 0.6 is 15.9 Å². The van der Waals surface area contributed by atoms with Crippen LogP contribution in [0.5, 0.6) is 11.5 Å². The molecule has 3 unspecified atom stereocenters. The number of carboxylic acid groups (broad SMARTS) is 2. The molecule has 1 aromatic rings. The Labute approximate surface area is 200 Å². The molecule has 6 N–H and O–H groups in total. The summed E-state index contributed by atoms with van der Waals surface area (Å²) in [6.45, 7) is 6.74. The monoisotopic (exact) mass is 534 g/mol. The summed E-state index contributed by atoms with van der Waals surface area (Å²) in [6.07, 6.45) is -1.63. The van der Waals surface area contributed by atoms with E-state index in [1.165, 1.54) is 13.5 Å². The standard InChI is InChI=1S/C17H25BrN2O3.C4H6O6/c1-4-11-9-13(18)16(23-3)14(15(11)21)17(22)19-10-12-7-6-8-20(12)5-2;5-1(3(7)8)2(6)4(9)10/h9,12,21H,4-8,10H2,1-3H3,(H,19,22);1-2,5-6H,(H,7,8)(H,9,10). The predicted molar refractivity (Wildman–Crippen MR) is 122 cm³/mol. The van der Waals surface area contributed by atoms with Crippen LogP contribution in [0, 0.1) is 0 Å². The van der Waals surface area contributed by atoms with E-state index in [-0.39, 0.29) is 17.2 Å². The van der Waals surface area contributed by atoms with Crippen molar-refractivity contribution in [3.63, 3.8) is 0 Å². The van der Waals surface area contributed by atoms with Crippen LogP contribution in [0.25, 0.3) is 0 Å². The lowest BCUT2D eigenvalue weighted by atomic mass is 10.0. The first-order valence-corrected chi connectivity index (χ1v) is 11.2. The molecule has 3 atom stereocenters. The number of aryl methyl sites for hydroxylation is 1. The maximum absolute atomic E-state index is 12.6. The fourth-order valence-corrected chi connectivity index (χ4v) is 4.10. The van der Waals surface area contributed by atoms with E-state index < -0.39 is 24.1 Å². The number of aliphatic carboxylic acids is 2. The average Bonchev–Trinajstić information content (AvgIpc) is 3.25. The number of amides is 1. The van der Waals surface area contributed by atoms with Crippen molar-refractivity contribution in [3.05, 3.63) is 21.7 Å². The molecule has 1 heterocycles. The van der Waals surface area contributed by atoms with Gasteiger partial charge < -0.3 is 35.6 Å². The second kappa shape index (κ2) is 13.3. The Morgan fingerprint density at radius 2 is 1.79 bits per heavy atom. The highest BCUT2D eigenvalue weighted by molar-refractivity contribution is 9.10. The van der Waals surface area contributed by atoms with Crippen molar-refractivity contribution in [1.29, 1.82) is 0 Å². The summed E-state index contributed by atoms with van der Waals surface area (Å²) in [6, 6.07) is 2.16. The number of hydrogen-bond acceptors (Lipinski definition) is 8. The van der Waals surface area contributed by atoms with Gasteiger partial charge >= 0.3 is 11.9 Å². The minimum atomic E-state index is -2.27. The molecular formula is C21H31BrN2O9. The molecular weight excluding hydrogens is 504 g/mol. The van der Waals surface area contributed by atoms with E-state index in [2.05, 4.69) is 33.1 Å². The van der Waals surface area contributed by atoms with Crippen molar-refractivity contribution in [1.82, 2.24) is 10.2 Å². The summed E-state index contributed by atoms with van der Waals surface area (Å²) in [7, 11) is 1.50. The zero-order valence-corrected chi connectivity index (χ0v) is 20.3. The third-order valence-corrected chi connectivity index (χ3v) is 5.90. The summed E-state index contributed by atoms with van der Waals surface area (Å²) in [5, 5.41) is 45.9. The number of ether oxygens (including phenoxy) is 1. The zero-order chi connectivity index (χ0) is 25.3. The number of nitrogens with one attached hydrogen (secondary N) is 1. The Kier molecular flexibility index (Phi) is 11.6. The fraction of sp³-hybridized carbons (Fsp3) is 0.571. The Morgan fingerprint density at radius 3 is 2.24 bits per heavy atom. The number of aromatic hydroxyl groups is 1. The van der Waals surface area contributed by atoms with Crippen LogP contribution in [0.4, 0.5) is 0 Å². The summed E-state index contributed by atoms with van der Waals surface area (Å²) in [4.78, 5) is 34.5. The highest BCUT2D eigenvalue weighted by atomic mass is 79.9. The van der Waals surface area contributed by atoms with Gasteiger partial charge in [-0.1, -0.05) is 13.8 Å². The lowest BCUT2D eigenvalue weighted by molar-refractivity contribution is -0.165. The van der Waals surface area contributed by atoms with Crippen molar-refractivity contribution in [3.8, 4) is 11.5 Å². The normalized spacial score (nSPS) is 17.5. The fourth-order valence-electron chi connectivity index (χ4n) is 3.47. The first-order chi connectivity index (χ1) is 15.5. The number of phenols is 1. The number of aliphatic hydroxyl groups is 2. The lowest BCUT2D eigenvalue weighted by Crippen LogP contribution is -2.40. The van der Waals surface area contributed by atoms with Gasteiger partial charge in [0.15, 0.2) is 12.2 Å². The summed E-state index contributed by atoms with van der Waals surface area (Å²) < 4.78 is 5.99. The number of carboxylic acids is 2. The molecule has 1 saturated heterocycles. The van der Waals surface area contributed by atoms with Crippen molar-refractivity contribution in [2.75, 3.05) is 26.7 Å². The van der Waals surface area contributed by atoms with Gasteiger partial charge in [-0.3, -0.25) is 9.69 Å². The van der Waals surface area contributed by atoms with E-state index in [9.17, 15) is 19.5 Å². The molecule has 11 nitrogen and oxygen atoms in total. The Bertz CT molecular complexity index is 832. The van der Waals surface area contributed by atoms with Crippen molar-refractivity contribution >= 4 is 33.8 Å². The summed E-state index contributed by atoms with van der Waals surface area (Å²) in [5.41, 5.74) is 0.929. The molecule has 0 aliphatic carbocycles. The molecule has 1 amide bonds. The second-order valence-electron chi connectivity index (χ2n) is 7.33. The number of hydrogen-bond donors (Lipinski definition) is 6. The maximum atomic E-state index is 12.6. The van der Waals surface area contributed by atoms with E-state index in [0.29, 0.717) is 29.2 Å². The SMILES string of the molecule is CCc1cc(Br)c(OC)c(C(=O)NCC2CCCN2CC)c1O.O=C(O)C(O)C(O)C(=O)O. The molecule has 12 heteroatoms. The summed E-state index contributed by atoms with van der Waals surface area (Å²) in [5.74, 6) is -3.46. The van der Waals surface area contributed by atoms with Crippen LogP contribution in [-0.4, -0.2) is 93.3 Å². The van der Waals surface area contributed by atoms with Crippen LogP contribution in [0.2, 0.25) is 0 Å². The van der Waals surface area contributed by atoms with Gasteiger partial charge in [-0.05, 0) is 59.9 Å². The highest BCUT2D eigenvalue weighted by Gasteiger charge is 2.29. The quantitative estimate of drug-likeness (QED) is 0.265. The largest absolute Gasteiger partial charge is 0.507 e. The number of carbonyl (C=O) groups excluding carboxylic acids is 1. The highest BCUT2D eigenvalue weighted by Crippen LogP contribution is 2.38. The van der Waals surface area contributed by atoms with Crippen LogP contribution in [0.1, 0.15) is 42.6 Å². The van der Waals surface area contributed by atoms with Crippen LogP contribution in [0.3, 0.4) is 0 Å². The van der Waals surface area contributed by atoms with Crippen LogP contribution in [0.15, 0.2) is 10.5 Å². The number of carbonyl (C=O) groups is 3. The smallest absolute Gasteiger partial charge is 0.335 e. The lowest BCUT2D eigenvalue weighted by Gasteiger charge is -2.23. The molecule has 0 saturated carbocycles. The average molecular weight is 535 g/mol. The molecule has 33 heavy (non-hydrogen) atoms. The van der Waals surface area contributed by atoms with Crippen LogP contribution in [-0.2, 0) is 16.0 Å². The minimum Gasteiger partial charge on any atom is -0.507 e. The van der Waals surface area contributed by atoms with E-state index in [1.54, 1.807) is 6.07 Å². The molecule has 0 radical (unpaired) electrons. The van der Waals surface area contributed by atoms with E-state index in [4.69, 9.17) is 25.2 Å². The van der Waals surface area contributed by atoms with Crippen molar-refractivity contribution in [2.45, 2.75) is 51.4 Å². The predicted octanol–water partition coefficient (Wildman–Crippen LogP) is 0.817. The van der Waals surface area contributed by atoms with Gasteiger partial charge in [0, 0.05) is 12.6 Å². The third-order valence-electron chi connectivity index (χ3n) is 5.31. The zero-order valence-electron chi connectivity index (χ0n) is 18.7. The number of nitrogens with zero attached hydrogens (tertiary/aromatic N) is 1. The molecule has 2 rings (SSSR count). The van der Waals surface area contributed by atoms with Crippen molar-refractivity contribution < 1.29 is 44.7 Å². The third kappa shape index (κ3) is 7.56. The molecule has 0 aromatic heterocycles. The Morgan fingerprint density at radius 1 is 1.21 bits per heavy atom. The Balaban J connectivity index is 0.000000461. The van der Waals surface area contributed by atoms with Crippen LogP contribution < -0.4 is 10.1 Å². The maximum Gasteiger partial charge on any atom is 0.335 e. The number of phenolic OH excluding ortho intramolecular Hbond substituents is 1. The molecule has 1 aliphatic heterocycles. The topological polar surface area (TPSA) is 177 Å². The number of halogens is 1. The molecule has 0 bridgehead atoms. The van der Waals surface area contributed by atoms with E-state index in [1.807, 2.05) is 6.92 Å². The first kappa shape index (κ1) is 28.6. The second-order valence-corrected chi connectivity index (χ2v) is 8.18. The van der Waals surface area contributed by atoms with Gasteiger partial charge in [-0.25, -0.2) is 9.59 Å². The van der Waals surface area contributed by atoms with Gasteiger partial charge in [0.25, 0.3) is 5.91 Å².